The Kier molecular flexibility index (Phi) is 2.44. The number of allylic oxidation sites excluding steroid dienone is 4. The molecule has 0 aromatic rings. The third-order valence-electron chi connectivity index (χ3n) is 1.37. The van der Waals surface area contributed by atoms with Crippen LogP contribution in [-0.4, -0.2) is 0 Å². The molecule has 0 atom stereocenters. The Balaban J connectivity index is 2.33. The smallest absolute Gasteiger partial charge is 0.0347 e. The largest absolute Gasteiger partial charge is 0.0845 e. The molecule has 0 unspecified atom stereocenters. The van der Waals surface area contributed by atoms with Crippen molar-refractivity contribution in [3.8, 4) is 0 Å². The number of hydrogen-bond acceptors (Lipinski definition) is 0. The van der Waals surface area contributed by atoms with E-state index in [4.69, 9.17) is 0 Å². The quantitative estimate of drug-likeness (QED) is 0.447. The average Bonchev–Trinajstić information content (AvgIpc) is 1.62. The SMILES string of the molecule is C1=CCCCCC=C1. The molecule has 1 rings (SSSR count). The summed E-state index contributed by atoms with van der Waals surface area (Å²) in [5.74, 6) is 0. The van der Waals surface area contributed by atoms with Gasteiger partial charge in [-0.1, -0.05) is 24.3 Å². The van der Waals surface area contributed by atoms with Gasteiger partial charge in [-0.25, -0.2) is 0 Å². The van der Waals surface area contributed by atoms with E-state index >= 15 is 0 Å². The molecule has 44 valence electrons. The maximum atomic E-state index is 2.23. The summed E-state index contributed by atoms with van der Waals surface area (Å²) in [6, 6.07) is 0. The Morgan fingerprint density at radius 2 is 1.25 bits per heavy atom. The molecule has 8 heavy (non-hydrogen) atoms. The summed E-state index contributed by atoms with van der Waals surface area (Å²) in [5, 5.41) is 0. The van der Waals surface area contributed by atoms with Crippen LogP contribution in [0.25, 0.3) is 0 Å². The molecule has 0 aromatic heterocycles. The summed E-state index contributed by atoms with van der Waals surface area (Å²) in [6.07, 6.45) is 14.0. The third kappa shape index (κ3) is 1.97. The fraction of sp³-hybridized carbons (Fsp3) is 0.500. The zero-order valence-corrected chi connectivity index (χ0v) is 5.14. The van der Waals surface area contributed by atoms with Gasteiger partial charge in [0.2, 0.25) is 0 Å². The molecule has 0 N–H and O–H groups in total. The molecule has 0 bridgehead atoms. The van der Waals surface area contributed by atoms with Crippen LogP contribution in [0.4, 0.5) is 0 Å². The van der Waals surface area contributed by atoms with Crippen molar-refractivity contribution in [2.24, 2.45) is 0 Å². The van der Waals surface area contributed by atoms with Gasteiger partial charge >= 0.3 is 0 Å². The predicted molar refractivity (Wildman–Crippen MR) is 36.7 cm³/mol. The lowest BCUT2D eigenvalue weighted by Gasteiger charge is -1.94. The third-order valence-corrected chi connectivity index (χ3v) is 1.37. The summed E-state index contributed by atoms with van der Waals surface area (Å²) in [4.78, 5) is 0. The van der Waals surface area contributed by atoms with E-state index in [2.05, 4.69) is 24.3 Å². The van der Waals surface area contributed by atoms with Crippen molar-refractivity contribution in [3.05, 3.63) is 24.3 Å². The second-order valence-corrected chi connectivity index (χ2v) is 2.14. The molecule has 1 aliphatic rings. The first-order valence-electron chi connectivity index (χ1n) is 3.32. The molecule has 0 saturated carbocycles. The lowest BCUT2D eigenvalue weighted by atomic mass is 10.1. The maximum Gasteiger partial charge on any atom is -0.0347 e. The van der Waals surface area contributed by atoms with E-state index in [0.29, 0.717) is 0 Å². The highest BCUT2D eigenvalue weighted by Crippen LogP contribution is 2.04. The van der Waals surface area contributed by atoms with Gasteiger partial charge < -0.3 is 0 Å². The molecule has 0 aromatic carbocycles. The monoisotopic (exact) mass is 108 g/mol. The summed E-state index contributed by atoms with van der Waals surface area (Å²) < 4.78 is 0. The number of hydrogen-bond donors (Lipinski definition) is 0. The van der Waals surface area contributed by atoms with Gasteiger partial charge in [-0.2, -0.15) is 0 Å². The van der Waals surface area contributed by atoms with E-state index < -0.39 is 0 Å². The topological polar surface area (TPSA) is 0 Å². The molecule has 0 radical (unpaired) electrons. The molecule has 0 aliphatic heterocycles. The van der Waals surface area contributed by atoms with E-state index in [1.54, 1.807) is 0 Å². The first-order valence-corrected chi connectivity index (χ1v) is 3.32. The van der Waals surface area contributed by atoms with Crippen LogP contribution in [0.15, 0.2) is 24.3 Å². The number of rotatable bonds is 0. The van der Waals surface area contributed by atoms with Crippen LogP contribution in [0.3, 0.4) is 0 Å². The Labute approximate surface area is 50.9 Å². The highest BCUT2D eigenvalue weighted by molar-refractivity contribution is 5.03. The zero-order chi connectivity index (χ0) is 5.66. The van der Waals surface area contributed by atoms with Crippen molar-refractivity contribution >= 4 is 0 Å². The Morgan fingerprint density at radius 1 is 0.750 bits per heavy atom. The fourth-order valence-corrected chi connectivity index (χ4v) is 0.874. The summed E-state index contributed by atoms with van der Waals surface area (Å²) in [7, 11) is 0. The second kappa shape index (κ2) is 3.48. The second-order valence-electron chi connectivity index (χ2n) is 2.14. The first kappa shape index (κ1) is 5.61. The molecule has 0 spiro atoms. The van der Waals surface area contributed by atoms with Gasteiger partial charge in [0.1, 0.15) is 0 Å². The van der Waals surface area contributed by atoms with E-state index in [-0.39, 0.29) is 0 Å². The standard InChI is InChI=1S/C8H12/c1-2-4-6-8-7-5-3-1/h1-4H,5-8H2. The van der Waals surface area contributed by atoms with E-state index in [1.165, 1.54) is 25.7 Å². The van der Waals surface area contributed by atoms with Gasteiger partial charge in [-0.05, 0) is 25.7 Å². The van der Waals surface area contributed by atoms with Gasteiger partial charge in [0.15, 0.2) is 0 Å². The Hall–Kier alpha value is -0.520. The van der Waals surface area contributed by atoms with Gasteiger partial charge in [-0.3, -0.25) is 0 Å². The van der Waals surface area contributed by atoms with E-state index in [1.807, 2.05) is 0 Å². The minimum atomic E-state index is 1.27. The molecule has 0 amide bonds. The molecular weight excluding hydrogens is 96.1 g/mol. The van der Waals surface area contributed by atoms with Crippen molar-refractivity contribution in [1.29, 1.82) is 0 Å². The van der Waals surface area contributed by atoms with Crippen molar-refractivity contribution in [2.45, 2.75) is 25.7 Å². The van der Waals surface area contributed by atoms with Crippen LogP contribution in [-0.2, 0) is 0 Å². The summed E-state index contributed by atoms with van der Waals surface area (Å²) >= 11 is 0. The van der Waals surface area contributed by atoms with E-state index in [0.717, 1.165) is 0 Å². The van der Waals surface area contributed by atoms with Gasteiger partial charge in [0, 0.05) is 0 Å². The van der Waals surface area contributed by atoms with Crippen LogP contribution >= 0.6 is 0 Å². The van der Waals surface area contributed by atoms with Crippen LogP contribution in [0.5, 0.6) is 0 Å². The molecular formula is C8H12. The van der Waals surface area contributed by atoms with Crippen molar-refractivity contribution < 1.29 is 0 Å². The van der Waals surface area contributed by atoms with Gasteiger partial charge in [0.05, 0.1) is 0 Å². The first-order chi connectivity index (χ1) is 4.00. The lowest BCUT2D eigenvalue weighted by molar-refractivity contribution is 0.758. The highest BCUT2D eigenvalue weighted by atomic mass is 13.9. The minimum Gasteiger partial charge on any atom is -0.0845 e. The van der Waals surface area contributed by atoms with Crippen molar-refractivity contribution in [2.75, 3.05) is 0 Å². The van der Waals surface area contributed by atoms with Crippen LogP contribution < -0.4 is 0 Å². The van der Waals surface area contributed by atoms with Crippen LogP contribution in [0.1, 0.15) is 25.7 Å². The van der Waals surface area contributed by atoms with Crippen molar-refractivity contribution in [1.82, 2.24) is 0 Å². The van der Waals surface area contributed by atoms with E-state index in [9.17, 15) is 0 Å². The summed E-state index contributed by atoms with van der Waals surface area (Å²) in [5.41, 5.74) is 0. The molecule has 0 fully saturated rings. The van der Waals surface area contributed by atoms with Crippen LogP contribution in [0, 0.1) is 0 Å². The average molecular weight is 108 g/mol. The van der Waals surface area contributed by atoms with Crippen LogP contribution in [0.2, 0.25) is 0 Å². The predicted octanol–water partition coefficient (Wildman–Crippen LogP) is 2.67. The fourth-order valence-electron chi connectivity index (χ4n) is 0.874. The summed E-state index contributed by atoms with van der Waals surface area (Å²) in [6.45, 7) is 0. The highest BCUT2D eigenvalue weighted by Gasteiger charge is 1.84. The normalized spacial score (nSPS) is 20.0. The minimum absolute atomic E-state index is 1.27. The Morgan fingerprint density at radius 3 is 1.75 bits per heavy atom. The molecule has 0 heterocycles. The Bertz CT molecular complexity index is 84.6. The molecule has 0 saturated heterocycles. The van der Waals surface area contributed by atoms with Gasteiger partial charge in [0.25, 0.3) is 0 Å². The van der Waals surface area contributed by atoms with Gasteiger partial charge in [-0.15, -0.1) is 0 Å². The maximum absolute atomic E-state index is 2.23. The molecule has 0 heteroatoms. The molecule has 1 aliphatic carbocycles. The molecule has 0 nitrogen and oxygen atoms in total. The zero-order valence-electron chi connectivity index (χ0n) is 5.14. The lowest BCUT2D eigenvalue weighted by Crippen LogP contribution is -1.74. The van der Waals surface area contributed by atoms with Crippen molar-refractivity contribution in [3.63, 3.8) is 0 Å².